The minimum atomic E-state index is 0.597. The molecule has 1 fully saturated rings. The van der Waals surface area contributed by atoms with Gasteiger partial charge in [0.15, 0.2) is 16.8 Å². The maximum absolute atomic E-state index is 6.18. The summed E-state index contributed by atoms with van der Waals surface area (Å²) in [5, 5.41) is 5.83. The Bertz CT molecular complexity index is 535. The van der Waals surface area contributed by atoms with E-state index in [1.807, 2.05) is 5.38 Å². The average Bonchev–Trinajstić information content (AvgIpc) is 2.95. The molecule has 0 atom stereocenters. The van der Waals surface area contributed by atoms with Crippen LogP contribution in [-0.2, 0) is 0 Å². The highest BCUT2D eigenvalue weighted by Crippen LogP contribution is 2.30. The largest absolute Gasteiger partial charge is 0.393 e. The van der Waals surface area contributed by atoms with Gasteiger partial charge >= 0.3 is 0 Å². The summed E-state index contributed by atoms with van der Waals surface area (Å²) in [7, 11) is 0. The average molecular weight is 276 g/mol. The number of hydrogen-bond acceptors (Lipinski definition) is 7. The molecule has 0 unspecified atom stereocenters. The molecule has 3 N–H and O–H groups in total. The molecule has 1 aliphatic heterocycles. The second-order valence-corrected chi connectivity index (χ2v) is 5.36. The van der Waals surface area contributed by atoms with Crippen molar-refractivity contribution in [2.75, 3.05) is 29.0 Å². The SMILES string of the molecule is Nc1c(Nc2nccs2)ncnc1N1CCCCC1. The summed E-state index contributed by atoms with van der Waals surface area (Å²) in [6, 6.07) is 0. The molecule has 0 amide bonds. The highest BCUT2D eigenvalue weighted by molar-refractivity contribution is 7.13. The molecule has 0 bridgehead atoms. The zero-order chi connectivity index (χ0) is 13.1. The van der Waals surface area contributed by atoms with E-state index < -0.39 is 0 Å². The molecular weight excluding hydrogens is 260 g/mol. The maximum Gasteiger partial charge on any atom is 0.188 e. The molecule has 0 aliphatic carbocycles. The van der Waals surface area contributed by atoms with Crippen LogP contribution in [0.25, 0.3) is 0 Å². The van der Waals surface area contributed by atoms with Crippen LogP contribution in [-0.4, -0.2) is 28.0 Å². The highest BCUT2D eigenvalue weighted by Gasteiger charge is 2.17. The van der Waals surface area contributed by atoms with E-state index in [0.717, 1.165) is 24.0 Å². The van der Waals surface area contributed by atoms with E-state index >= 15 is 0 Å². The smallest absolute Gasteiger partial charge is 0.188 e. The lowest BCUT2D eigenvalue weighted by atomic mass is 10.1. The second-order valence-electron chi connectivity index (χ2n) is 4.47. The first-order chi connectivity index (χ1) is 9.34. The first kappa shape index (κ1) is 12.2. The number of nitrogens with one attached hydrogen (secondary N) is 1. The summed E-state index contributed by atoms with van der Waals surface area (Å²) in [6.07, 6.45) is 6.97. The molecule has 0 aromatic carbocycles. The summed E-state index contributed by atoms with van der Waals surface area (Å²) >= 11 is 1.52. The Kier molecular flexibility index (Phi) is 3.45. The Morgan fingerprint density at radius 1 is 1.16 bits per heavy atom. The van der Waals surface area contributed by atoms with Gasteiger partial charge in [-0.3, -0.25) is 0 Å². The normalized spacial score (nSPS) is 15.5. The number of anilines is 4. The lowest BCUT2D eigenvalue weighted by Gasteiger charge is -2.28. The van der Waals surface area contributed by atoms with Gasteiger partial charge < -0.3 is 16.0 Å². The summed E-state index contributed by atoms with van der Waals surface area (Å²) < 4.78 is 0. The van der Waals surface area contributed by atoms with Crippen molar-refractivity contribution >= 4 is 33.8 Å². The van der Waals surface area contributed by atoms with Crippen LogP contribution in [0.1, 0.15) is 19.3 Å². The number of rotatable bonds is 3. The van der Waals surface area contributed by atoms with Crippen molar-refractivity contribution in [3.05, 3.63) is 17.9 Å². The van der Waals surface area contributed by atoms with E-state index in [4.69, 9.17) is 5.73 Å². The van der Waals surface area contributed by atoms with Gasteiger partial charge in [-0.05, 0) is 19.3 Å². The Balaban J connectivity index is 1.85. The summed E-state index contributed by atoms with van der Waals surface area (Å²) in [6.45, 7) is 2.02. The van der Waals surface area contributed by atoms with E-state index in [0.29, 0.717) is 11.5 Å². The number of hydrogen-bond donors (Lipinski definition) is 2. The number of nitrogens with two attached hydrogens (primary N) is 1. The molecule has 100 valence electrons. The van der Waals surface area contributed by atoms with E-state index in [2.05, 4.69) is 25.2 Å². The van der Waals surface area contributed by atoms with E-state index in [1.165, 1.54) is 30.6 Å². The minimum absolute atomic E-state index is 0.597. The number of thiazole rings is 1. The lowest BCUT2D eigenvalue weighted by molar-refractivity contribution is 0.574. The van der Waals surface area contributed by atoms with Crippen LogP contribution in [0.4, 0.5) is 22.5 Å². The van der Waals surface area contributed by atoms with Crippen LogP contribution in [0.5, 0.6) is 0 Å². The molecule has 2 aromatic rings. The second kappa shape index (κ2) is 5.40. The van der Waals surface area contributed by atoms with Gasteiger partial charge in [0.1, 0.15) is 12.0 Å². The Labute approximate surface area is 115 Å². The number of piperidine rings is 1. The third-order valence-electron chi connectivity index (χ3n) is 3.18. The topological polar surface area (TPSA) is 80.0 Å². The molecule has 1 saturated heterocycles. The number of aromatic nitrogens is 3. The molecule has 7 heteroatoms. The van der Waals surface area contributed by atoms with E-state index in [1.54, 1.807) is 12.5 Å². The first-order valence-corrected chi connectivity index (χ1v) is 7.24. The molecule has 0 spiro atoms. The molecular formula is C12H16N6S. The predicted octanol–water partition coefficient (Wildman–Crippen LogP) is 2.25. The third-order valence-corrected chi connectivity index (χ3v) is 3.86. The van der Waals surface area contributed by atoms with Crippen LogP contribution in [0.15, 0.2) is 17.9 Å². The van der Waals surface area contributed by atoms with Crippen LogP contribution < -0.4 is 16.0 Å². The standard InChI is InChI=1S/C12H16N6S/c13-9-10(17-12-14-4-7-19-12)15-8-16-11(9)18-5-2-1-3-6-18/h4,7-8H,1-3,5-6,13H2,(H,14,15,16,17). The highest BCUT2D eigenvalue weighted by atomic mass is 32.1. The van der Waals surface area contributed by atoms with Crippen LogP contribution in [0, 0.1) is 0 Å². The quantitative estimate of drug-likeness (QED) is 0.895. The Morgan fingerprint density at radius 3 is 2.74 bits per heavy atom. The molecule has 2 aromatic heterocycles. The lowest BCUT2D eigenvalue weighted by Crippen LogP contribution is -2.31. The minimum Gasteiger partial charge on any atom is -0.393 e. The summed E-state index contributed by atoms with van der Waals surface area (Å²) in [5.74, 6) is 1.46. The van der Waals surface area contributed by atoms with Crippen molar-refractivity contribution in [1.82, 2.24) is 15.0 Å². The molecule has 3 rings (SSSR count). The van der Waals surface area contributed by atoms with Crippen molar-refractivity contribution in [3.63, 3.8) is 0 Å². The molecule has 1 aliphatic rings. The summed E-state index contributed by atoms with van der Waals surface area (Å²) in [4.78, 5) is 14.9. The number of nitrogen functional groups attached to an aromatic ring is 1. The van der Waals surface area contributed by atoms with Gasteiger partial charge in [0.05, 0.1) is 0 Å². The van der Waals surface area contributed by atoms with Crippen molar-refractivity contribution in [2.24, 2.45) is 0 Å². The Hall–Kier alpha value is -1.89. The molecule has 0 radical (unpaired) electrons. The van der Waals surface area contributed by atoms with Crippen molar-refractivity contribution in [1.29, 1.82) is 0 Å². The molecule has 0 saturated carbocycles. The van der Waals surface area contributed by atoms with Crippen LogP contribution in [0.2, 0.25) is 0 Å². The van der Waals surface area contributed by atoms with Gasteiger partial charge in [0.2, 0.25) is 0 Å². The van der Waals surface area contributed by atoms with Crippen LogP contribution >= 0.6 is 11.3 Å². The fourth-order valence-corrected chi connectivity index (χ4v) is 2.76. The maximum atomic E-state index is 6.18. The van der Waals surface area contributed by atoms with E-state index in [-0.39, 0.29) is 0 Å². The molecule has 6 nitrogen and oxygen atoms in total. The summed E-state index contributed by atoms with van der Waals surface area (Å²) in [5.41, 5.74) is 6.78. The predicted molar refractivity (Wildman–Crippen MR) is 77.9 cm³/mol. The van der Waals surface area contributed by atoms with E-state index in [9.17, 15) is 0 Å². The van der Waals surface area contributed by atoms with Gasteiger partial charge in [-0.2, -0.15) is 0 Å². The third kappa shape index (κ3) is 2.60. The Morgan fingerprint density at radius 2 is 2.00 bits per heavy atom. The van der Waals surface area contributed by atoms with Crippen molar-refractivity contribution < 1.29 is 0 Å². The van der Waals surface area contributed by atoms with Gasteiger partial charge in [0.25, 0.3) is 0 Å². The monoisotopic (exact) mass is 276 g/mol. The zero-order valence-electron chi connectivity index (χ0n) is 10.5. The first-order valence-electron chi connectivity index (χ1n) is 6.36. The van der Waals surface area contributed by atoms with Crippen molar-refractivity contribution in [3.8, 4) is 0 Å². The molecule has 19 heavy (non-hydrogen) atoms. The van der Waals surface area contributed by atoms with Crippen molar-refractivity contribution in [2.45, 2.75) is 19.3 Å². The fourth-order valence-electron chi connectivity index (χ4n) is 2.23. The van der Waals surface area contributed by atoms with Gasteiger partial charge in [-0.25, -0.2) is 15.0 Å². The number of nitrogens with zero attached hydrogens (tertiary/aromatic N) is 4. The van der Waals surface area contributed by atoms with Gasteiger partial charge in [-0.15, -0.1) is 11.3 Å². The van der Waals surface area contributed by atoms with Gasteiger partial charge in [-0.1, -0.05) is 0 Å². The molecule has 3 heterocycles. The zero-order valence-corrected chi connectivity index (χ0v) is 11.4. The van der Waals surface area contributed by atoms with Gasteiger partial charge in [0, 0.05) is 24.7 Å². The van der Waals surface area contributed by atoms with Crippen LogP contribution in [0.3, 0.4) is 0 Å². The fraction of sp³-hybridized carbons (Fsp3) is 0.417.